The molecule has 4 heterocycles. The summed E-state index contributed by atoms with van der Waals surface area (Å²) in [5, 5.41) is 4.04. The minimum Gasteiger partial charge on any atom is -0.510 e. The van der Waals surface area contributed by atoms with Crippen LogP contribution in [0.2, 0.25) is 0 Å². The van der Waals surface area contributed by atoms with Crippen LogP contribution in [-0.4, -0.2) is 18.7 Å². The van der Waals surface area contributed by atoms with E-state index in [4.69, 9.17) is 26.2 Å². The van der Waals surface area contributed by atoms with Crippen LogP contribution in [-0.2, 0) is 27.4 Å². The van der Waals surface area contributed by atoms with Crippen LogP contribution in [0.3, 0.4) is 0 Å². The van der Waals surface area contributed by atoms with Gasteiger partial charge in [-0.3, -0.25) is 4.57 Å². The van der Waals surface area contributed by atoms with Crippen LogP contribution in [0.4, 0.5) is 0 Å². The Balaban J connectivity index is 0.00000680. The van der Waals surface area contributed by atoms with Crippen molar-refractivity contribution in [2.45, 2.75) is 20.2 Å². The average Bonchev–Trinajstić information content (AvgIpc) is 2.80. The molecule has 0 saturated carbocycles. The third-order valence-electron chi connectivity index (χ3n) is 12.5. The molecule has 0 spiro atoms. The van der Waals surface area contributed by atoms with Crippen LogP contribution in [0.1, 0.15) is 35.9 Å². The van der Waals surface area contributed by atoms with Gasteiger partial charge in [0, 0.05) is 63.5 Å². The van der Waals surface area contributed by atoms with Gasteiger partial charge in [-0.2, -0.15) is 18.2 Å². The number of imidazole rings is 1. The molecule has 7 heteroatoms. The van der Waals surface area contributed by atoms with E-state index in [1.165, 1.54) is 0 Å². The smallest absolute Gasteiger partial charge is 0.268 e. The topological polar surface area (TPSA) is 40.8 Å². The second kappa shape index (κ2) is 18.2. The van der Waals surface area contributed by atoms with Crippen LogP contribution >= 0.6 is 0 Å². The van der Waals surface area contributed by atoms with Gasteiger partial charge in [-0.05, 0) is 93.6 Å². The Labute approximate surface area is 443 Å². The van der Waals surface area contributed by atoms with Crippen LogP contribution < -0.4 is 9.30 Å². The molecule has 0 aliphatic rings. The monoisotopic (exact) mass is 1110 g/mol. The number of ether oxygens (including phenoxy) is 1. The summed E-state index contributed by atoms with van der Waals surface area (Å²) >= 11 is 0. The van der Waals surface area contributed by atoms with E-state index in [1.54, 1.807) is 76.0 Å². The summed E-state index contributed by atoms with van der Waals surface area (Å²) in [7, 11) is 0. The second-order valence-corrected chi connectivity index (χ2v) is 17.2. The van der Waals surface area contributed by atoms with Gasteiger partial charge in [0.05, 0.1) is 41.5 Å². The number of fused-ring (bicyclic) bond motifs is 7. The molecule has 0 aliphatic heterocycles. The number of benzene rings is 9. The van der Waals surface area contributed by atoms with E-state index in [9.17, 15) is 0 Å². The second-order valence-electron chi connectivity index (χ2n) is 17.2. The maximum absolute atomic E-state index is 9.07. The fourth-order valence-corrected chi connectivity index (χ4v) is 9.62. The van der Waals surface area contributed by atoms with Gasteiger partial charge in [0.25, 0.3) is 6.33 Å². The van der Waals surface area contributed by atoms with Crippen molar-refractivity contribution in [3.8, 4) is 56.6 Å². The van der Waals surface area contributed by atoms with Gasteiger partial charge in [0.2, 0.25) is 0 Å². The van der Waals surface area contributed by atoms with Crippen LogP contribution in [0.5, 0.6) is 11.5 Å². The Bertz CT molecular complexity index is 4640. The first-order chi connectivity index (χ1) is 39.4. The van der Waals surface area contributed by atoms with Crippen molar-refractivity contribution < 1.29 is 46.8 Å². The molecular weight excluding hydrogens is 1050 g/mol. The summed E-state index contributed by atoms with van der Waals surface area (Å²) in [6.45, 7) is 3.71. The molecule has 0 aliphatic carbocycles. The molecule has 0 N–H and O–H groups in total. The molecule has 4 aromatic heterocycles. The van der Waals surface area contributed by atoms with Crippen LogP contribution in [0.25, 0.3) is 99.8 Å². The first kappa shape index (κ1) is 32.5. The summed E-state index contributed by atoms with van der Waals surface area (Å²) in [5.41, 5.74) is 6.62. The Hall–Kier alpha value is -8.31. The number of para-hydroxylation sites is 5. The first-order valence-corrected chi connectivity index (χ1v) is 22.8. The van der Waals surface area contributed by atoms with Gasteiger partial charge < -0.3 is 18.4 Å². The summed E-state index contributed by atoms with van der Waals surface area (Å²) in [4.78, 5) is 4.83. The van der Waals surface area contributed by atoms with Gasteiger partial charge in [-0.1, -0.05) is 159 Å². The zero-order valence-corrected chi connectivity index (χ0v) is 40.3. The molecule has 13 rings (SSSR count). The Morgan fingerprint density at radius 3 is 1.93 bits per heavy atom. The fraction of sp³-hybridized carbons (Fsp3) is 0.0625. The van der Waals surface area contributed by atoms with Crippen molar-refractivity contribution in [2.75, 3.05) is 0 Å². The van der Waals surface area contributed by atoms with Crippen molar-refractivity contribution in [3.63, 3.8) is 0 Å². The maximum atomic E-state index is 9.07. The van der Waals surface area contributed by atoms with E-state index < -0.39 is 66.8 Å². The molecule has 0 amide bonds. The molecular formula is C64H45N5OPt-2. The molecule has 0 saturated heterocycles. The Morgan fingerprint density at radius 1 is 0.592 bits per heavy atom. The molecule has 0 atom stereocenters. The largest absolute Gasteiger partial charge is 0.510 e. The number of aromatic nitrogens is 5. The van der Waals surface area contributed by atoms with E-state index in [-0.39, 0.29) is 54.9 Å². The van der Waals surface area contributed by atoms with Crippen LogP contribution in [0, 0.1) is 24.4 Å². The predicted octanol–water partition coefficient (Wildman–Crippen LogP) is 15.2. The molecule has 13 aromatic rings. The Morgan fingerprint density at radius 2 is 1.23 bits per heavy atom. The van der Waals surface area contributed by atoms with Gasteiger partial charge in [0.15, 0.2) is 0 Å². The summed E-state index contributed by atoms with van der Waals surface area (Å²) < 4.78 is 120. The van der Waals surface area contributed by atoms with Crippen molar-refractivity contribution >= 4 is 54.6 Å². The molecule has 71 heavy (non-hydrogen) atoms. The maximum Gasteiger partial charge on any atom is 0.268 e. The predicted molar refractivity (Wildman–Crippen MR) is 284 cm³/mol. The minimum absolute atomic E-state index is 0. The molecule has 6 nitrogen and oxygen atoms in total. The van der Waals surface area contributed by atoms with E-state index in [1.807, 2.05) is 66.9 Å². The quantitative estimate of drug-likeness (QED) is 0.101. The van der Waals surface area contributed by atoms with Crippen LogP contribution in [0.15, 0.2) is 218 Å². The summed E-state index contributed by atoms with van der Waals surface area (Å²) in [5.74, 6) is 0.821. The third-order valence-corrected chi connectivity index (χ3v) is 12.5. The molecule has 0 bridgehead atoms. The number of hydrogen-bond donors (Lipinski definition) is 0. The SMILES string of the molecule is [2H]c1c([2H])c([2H])c(-c2cccc(-c3c([2H])c([2H])c([2H])c([2H])c3[2H])c2-[n+]2[c-]n(-c3[c-]c(Oc4[c-]c5c(cc4)c4cc(-n6c7ccccc7c7ccccc76)ccc4n5-c4cc(C([2H])([2H])C(C)C)ccn4)ccc3)c3ccccc32)c([2H])c1[2H].[Pt]. The van der Waals surface area contributed by atoms with Gasteiger partial charge >= 0.3 is 0 Å². The van der Waals surface area contributed by atoms with E-state index in [2.05, 4.69) is 65.5 Å². The molecule has 0 unspecified atom stereocenters. The van der Waals surface area contributed by atoms with Crippen molar-refractivity contribution in [3.05, 3.63) is 242 Å². The molecule has 344 valence electrons. The van der Waals surface area contributed by atoms with Gasteiger partial charge in [-0.15, -0.1) is 29.7 Å². The van der Waals surface area contributed by atoms with E-state index in [0.29, 0.717) is 45.1 Å². The zero-order chi connectivity index (χ0) is 57.2. The number of hydrogen-bond acceptors (Lipinski definition) is 2. The van der Waals surface area contributed by atoms with Gasteiger partial charge in [-0.25, -0.2) is 4.98 Å². The molecule has 0 fully saturated rings. The normalized spacial score (nSPS) is 14.2. The summed E-state index contributed by atoms with van der Waals surface area (Å²) in [6, 6.07) is 49.1. The zero-order valence-electron chi connectivity index (χ0n) is 50.0. The van der Waals surface area contributed by atoms with Crippen molar-refractivity contribution in [2.24, 2.45) is 5.92 Å². The summed E-state index contributed by atoms with van der Waals surface area (Å²) in [6.07, 6.45) is 3.39. The standard InChI is InChI=1S/C64H45N5O.Pt/c1-43(2)37-44-35-36-65-63(38-44)69-59-34-31-48(68-57-27-11-9-23-53(57)54-24-10-12-28-58(54)68)40-56(59)55-33-32-50(41-62(55)69)70-49-22-15-21-47(39-49)66-42-67(61-30-14-13-29-60(61)66)64-51(45-17-5-3-6-18-45)25-16-26-52(64)46-19-7-4-8-20-46;/h3-36,38,40,43H,37H2,1-2H3;/q-2;/i3D,4D,5D,6D,7D,8D,17D,18D,19D,20D,37D2;. The van der Waals surface area contributed by atoms with E-state index >= 15 is 0 Å². The van der Waals surface area contributed by atoms with Gasteiger partial charge in [0.1, 0.15) is 5.82 Å². The van der Waals surface area contributed by atoms with Crippen molar-refractivity contribution in [1.82, 2.24) is 18.7 Å². The number of rotatable bonds is 10. The van der Waals surface area contributed by atoms with E-state index in [0.717, 1.165) is 43.8 Å². The molecule has 0 radical (unpaired) electrons. The fourth-order valence-electron chi connectivity index (χ4n) is 9.62. The number of nitrogens with zero attached hydrogens (tertiary/aromatic N) is 5. The van der Waals surface area contributed by atoms with Crippen molar-refractivity contribution in [1.29, 1.82) is 0 Å². The first-order valence-electron chi connectivity index (χ1n) is 28.8. The minimum atomic E-state index is -1.65. The molecule has 9 aromatic carbocycles. The number of pyridine rings is 1. The Kier molecular flexibility index (Phi) is 8.33. The third kappa shape index (κ3) is 7.72. The average molecular weight is 1110 g/mol.